The molecule has 6 nitrogen and oxygen atoms in total. The number of aryl methyl sites for hydroxylation is 2. The molecule has 1 aliphatic carbocycles. The Labute approximate surface area is 163 Å². The zero-order valence-electron chi connectivity index (χ0n) is 15.5. The molecule has 1 fully saturated rings. The van der Waals surface area contributed by atoms with Crippen molar-refractivity contribution in [1.82, 2.24) is 14.8 Å². The van der Waals surface area contributed by atoms with Gasteiger partial charge in [-0.05, 0) is 49.8 Å². The third-order valence-electron chi connectivity index (χ3n) is 5.50. The Morgan fingerprint density at radius 2 is 2.04 bits per heavy atom. The zero-order valence-corrected chi connectivity index (χ0v) is 17.1. The molecule has 4 rings (SSSR count). The number of thioether (sulfide) groups is 1. The van der Waals surface area contributed by atoms with Gasteiger partial charge in [0.05, 0.1) is 16.8 Å². The van der Waals surface area contributed by atoms with Gasteiger partial charge >= 0.3 is 0 Å². The van der Waals surface area contributed by atoms with Gasteiger partial charge in [-0.1, -0.05) is 23.9 Å². The molecule has 1 aromatic carbocycles. The first kappa shape index (κ1) is 18.7. The van der Waals surface area contributed by atoms with Crippen molar-refractivity contribution >= 4 is 27.4 Å². The van der Waals surface area contributed by atoms with Crippen LogP contribution in [0, 0.1) is 0 Å². The average Bonchev–Trinajstić information content (AvgIpc) is 3.33. The Balaban J connectivity index is 1.48. The third-order valence-corrected chi connectivity index (χ3v) is 8.40. The maximum Gasteiger partial charge on any atom is 0.191 e. The van der Waals surface area contributed by atoms with Crippen LogP contribution in [-0.2, 0) is 29.7 Å². The fourth-order valence-electron chi connectivity index (χ4n) is 3.95. The van der Waals surface area contributed by atoms with Gasteiger partial charge in [0, 0.05) is 18.5 Å². The second-order valence-electron chi connectivity index (χ2n) is 7.46. The molecule has 1 saturated heterocycles. The number of carbonyl (C=O) groups excluding carboxylic acids is 1. The molecule has 2 atom stereocenters. The predicted molar refractivity (Wildman–Crippen MR) is 105 cm³/mol. The first-order valence-corrected chi connectivity index (χ1v) is 12.0. The first-order valence-electron chi connectivity index (χ1n) is 9.26. The molecule has 0 amide bonds. The average molecular weight is 406 g/mol. The van der Waals surface area contributed by atoms with Gasteiger partial charge in [-0.2, -0.15) is 0 Å². The smallest absolute Gasteiger partial charge is 0.191 e. The second kappa shape index (κ2) is 7.05. The van der Waals surface area contributed by atoms with Crippen LogP contribution in [0.25, 0.3) is 0 Å². The van der Waals surface area contributed by atoms with E-state index in [0.717, 1.165) is 24.8 Å². The minimum absolute atomic E-state index is 0.0858. The molecule has 2 aromatic rings. The van der Waals surface area contributed by atoms with Crippen molar-refractivity contribution in [3.05, 3.63) is 40.7 Å². The van der Waals surface area contributed by atoms with E-state index >= 15 is 0 Å². The lowest BCUT2D eigenvalue weighted by molar-refractivity contribution is 0.0993. The molecule has 2 unspecified atom stereocenters. The number of fused-ring (bicyclic) bond motifs is 1. The molecule has 2 heterocycles. The van der Waals surface area contributed by atoms with Crippen LogP contribution in [0.3, 0.4) is 0 Å². The van der Waals surface area contributed by atoms with Crippen LogP contribution in [0.5, 0.6) is 0 Å². The third kappa shape index (κ3) is 3.69. The van der Waals surface area contributed by atoms with E-state index in [2.05, 4.69) is 16.3 Å². The Hall–Kier alpha value is -1.67. The van der Waals surface area contributed by atoms with E-state index in [1.165, 1.54) is 22.9 Å². The van der Waals surface area contributed by atoms with Crippen molar-refractivity contribution in [2.24, 2.45) is 7.05 Å². The van der Waals surface area contributed by atoms with Crippen LogP contribution in [-0.4, -0.2) is 45.7 Å². The maximum atomic E-state index is 12.9. The molecule has 0 saturated carbocycles. The lowest BCUT2D eigenvalue weighted by Crippen LogP contribution is -2.15. The summed E-state index contributed by atoms with van der Waals surface area (Å²) in [6, 6.07) is 6.04. The van der Waals surface area contributed by atoms with Gasteiger partial charge in [0.25, 0.3) is 0 Å². The van der Waals surface area contributed by atoms with Crippen molar-refractivity contribution in [2.45, 2.75) is 48.9 Å². The molecule has 0 radical (unpaired) electrons. The minimum Gasteiger partial charge on any atom is -0.309 e. The molecule has 0 bridgehead atoms. The lowest BCUT2D eigenvalue weighted by Gasteiger charge is -2.12. The van der Waals surface area contributed by atoms with E-state index in [0.29, 0.717) is 17.4 Å². The largest absolute Gasteiger partial charge is 0.309 e. The molecule has 1 aliphatic heterocycles. The molecular formula is C19H23N3O3S2. The summed E-state index contributed by atoms with van der Waals surface area (Å²) in [4.78, 5) is 12.9. The van der Waals surface area contributed by atoms with E-state index in [1.54, 1.807) is 0 Å². The summed E-state index contributed by atoms with van der Waals surface area (Å²) >= 11 is 1.38. The topological polar surface area (TPSA) is 81.9 Å². The van der Waals surface area contributed by atoms with Crippen LogP contribution in [0.2, 0.25) is 0 Å². The van der Waals surface area contributed by atoms with Crippen LogP contribution in [0.15, 0.2) is 23.4 Å². The quantitative estimate of drug-likeness (QED) is 0.562. The summed E-state index contributed by atoms with van der Waals surface area (Å²) in [7, 11) is -1.13. The number of nitrogens with zero attached hydrogens (tertiary/aromatic N) is 3. The monoisotopic (exact) mass is 405 g/mol. The van der Waals surface area contributed by atoms with Crippen molar-refractivity contribution in [3.8, 4) is 0 Å². The van der Waals surface area contributed by atoms with E-state index in [-0.39, 0.29) is 28.5 Å². The fourth-order valence-corrected chi connectivity index (χ4v) is 6.59. The standard InChI is InChI=1S/C19H23N3O3S2/c1-12(17(23)15-7-6-13-4-3-5-14(13)10-15)26-19-21-20-18(22(19)2)16-8-9-27(24,25)11-16/h6-7,10,12,16H,3-5,8-9,11H2,1-2H3. The Morgan fingerprint density at radius 1 is 1.26 bits per heavy atom. The summed E-state index contributed by atoms with van der Waals surface area (Å²) in [6.07, 6.45) is 3.90. The molecule has 0 spiro atoms. The van der Waals surface area contributed by atoms with Crippen LogP contribution in [0.4, 0.5) is 0 Å². The Morgan fingerprint density at radius 3 is 2.78 bits per heavy atom. The zero-order chi connectivity index (χ0) is 19.2. The van der Waals surface area contributed by atoms with Crippen molar-refractivity contribution in [2.75, 3.05) is 11.5 Å². The van der Waals surface area contributed by atoms with Crippen LogP contribution in [0.1, 0.15) is 53.0 Å². The highest BCUT2D eigenvalue weighted by Gasteiger charge is 2.33. The number of carbonyl (C=O) groups is 1. The van der Waals surface area contributed by atoms with E-state index in [9.17, 15) is 13.2 Å². The van der Waals surface area contributed by atoms with E-state index in [4.69, 9.17) is 0 Å². The summed E-state index contributed by atoms with van der Waals surface area (Å²) < 4.78 is 25.3. The molecule has 1 aromatic heterocycles. The normalized spacial score (nSPS) is 21.9. The Bertz CT molecular complexity index is 998. The highest BCUT2D eigenvalue weighted by molar-refractivity contribution is 8.00. The first-order chi connectivity index (χ1) is 12.8. The maximum absolute atomic E-state index is 12.9. The van der Waals surface area contributed by atoms with Crippen molar-refractivity contribution < 1.29 is 13.2 Å². The number of sulfone groups is 1. The number of Topliss-reactive ketones (excluding diaryl/α,β-unsaturated/α-hetero) is 1. The minimum atomic E-state index is -2.97. The number of aromatic nitrogens is 3. The van der Waals surface area contributed by atoms with Gasteiger partial charge in [-0.15, -0.1) is 10.2 Å². The summed E-state index contributed by atoms with van der Waals surface area (Å²) in [5, 5.41) is 8.79. The summed E-state index contributed by atoms with van der Waals surface area (Å²) in [5.74, 6) is 1.01. The van der Waals surface area contributed by atoms with E-state index in [1.807, 2.05) is 30.7 Å². The highest BCUT2D eigenvalue weighted by atomic mass is 32.2. The van der Waals surface area contributed by atoms with Gasteiger partial charge in [-0.25, -0.2) is 8.42 Å². The SMILES string of the molecule is CC(Sc1nnc(C2CCS(=O)(=O)C2)n1C)C(=O)c1ccc2c(c1)CCC2. The Kier molecular flexibility index (Phi) is 4.88. The number of hydrogen-bond acceptors (Lipinski definition) is 6. The van der Waals surface area contributed by atoms with Crippen LogP contribution < -0.4 is 0 Å². The molecule has 144 valence electrons. The van der Waals surface area contributed by atoms with Gasteiger partial charge in [0.2, 0.25) is 0 Å². The molecule has 2 aliphatic rings. The van der Waals surface area contributed by atoms with E-state index < -0.39 is 9.84 Å². The predicted octanol–water partition coefficient (Wildman–Crippen LogP) is 2.57. The highest BCUT2D eigenvalue weighted by Crippen LogP contribution is 2.31. The number of rotatable bonds is 5. The molecule has 27 heavy (non-hydrogen) atoms. The van der Waals surface area contributed by atoms with Crippen molar-refractivity contribution in [3.63, 3.8) is 0 Å². The molecule has 8 heteroatoms. The van der Waals surface area contributed by atoms with Gasteiger partial charge in [0.15, 0.2) is 20.8 Å². The lowest BCUT2D eigenvalue weighted by atomic mass is 10.0. The molecule has 0 N–H and O–H groups in total. The summed E-state index contributed by atoms with van der Waals surface area (Å²) in [6.45, 7) is 1.88. The number of benzene rings is 1. The van der Waals surface area contributed by atoms with Crippen molar-refractivity contribution in [1.29, 1.82) is 0 Å². The summed E-state index contributed by atoms with van der Waals surface area (Å²) in [5.41, 5.74) is 3.40. The number of hydrogen-bond donors (Lipinski definition) is 0. The second-order valence-corrected chi connectivity index (χ2v) is 11.0. The number of ketones is 1. The van der Waals surface area contributed by atoms with Gasteiger partial charge < -0.3 is 4.57 Å². The molecular weight excluding hydrogens is 382 g/mol. The van der Waals surface area contributed by atoms with Gasteiger partial charge in [-0.3, -0.25) is 4.79 Å². The van der Waals surface area contributed by atoms with Gasteiger partial charge in [0.1, 0.15) is 5.82 Å². The fraction of sp³-hybridized carbons (Fsp3) is 0.526. The van der Waals surface area contributed by atoms with Crippen LogP contribution >= 0.6 is 11.8 Å².